The lowest BCUT2D eigenvalue weighted by Gasteiger charge is -2.43. The maximum Gasteiger partial charge on any atom is 0.269 e. The van der Waals surface area contributed by atoms with Gasteiger partial charge in [0.2, 0.25) is 23.6 Å². The van der Waals surface area contributed by atoms with E-state index in [1.807, 2.05) is 12.1 Å². The van der Waals surface area contributed by atoms with Gasteiger partial charge in [0.25, 0.3) is 11.8 Å². The van der Waals surface area contributed by atoms with Crippen molar-refractivity contribution in [2.75, 3.05) is 86.9 Å². The van der Waals surface area contributed by atoms with Crippen molar-refractivity contribution in [2.24, 2.45) is 11.3 Å². The van der Waals surface area contributed by atoms with Crippen molar-refractivity contribution in [3.8, 4) is 17.2 Å². The molecule has 3 saturated heterocycles. The second-order valence-corrected chi connectivity index (χ2v) is 18.9. The lowest BCUT2D eigenvalue weighted by molar-refractivity contribution is -0.137. The summed E-state index contributed by atoms with van der Waals surface area (Å²) < 4.78 is 57.6. The molecule has 16 nitrogen and oxygen atoms in total. The van der Waals surface area contributed by atoms with Crippen LogP contribution in [0.15, 0.2) is 91.1 Å². The van der Waals surface area contributed by atoms with E-state index in [1.165, 1.54) is 31.4 Å². The molecule has 5 aliphatic rings. The number of halogens is 3. The first kappa shape index (κ1) is 47.4. The zero-order chi connectivity index (χ0) is 49.4. The van der Waals surface area contributed by atoms with Crippen LogP contribution in [0.5, 0.6) is 17.2 Å². The number of hydrogen-bond donors (Lipinski definition) is 4. The second kappa shape index (κ2) is 19.5. The number of carbonyl (C=O) groups is 5. The lowest BCUT2D eigenvalue weighted by Crippen LogP contribution is -2.55. The largest absolute Gasteiger partial charge is 0.495 e. The third kappa shape index (κ3) is 9.93. The number of hydrogen-bond acceptors (Lipinski definition) is 12. The normalized spacial score (nSPS) is 20.8. The molecule has 4 aliphatic heterocycles. The van der Waals surface area contributed by atoms with E-state index in [2.05, 4.69) is 36.1 Å². The topological polar surface area (TPSA) is 178 Å². The molecule has 1 aromatic heterocycles. The number of imide groups is 1. The number of benzene rings is 4. The molecule has 370 valence electrons. The molecule has 1 aliphatic carbocycles. The molecule has 0 spiro atoms. The Morgan fingerprint density at radius 3 is 2.23 bits per heavy atom. The van der Waals surface area contributed by atoms with E-state index in [9.17, 15) is 28.4 Å². The average molecular weight is 974 g/mol. The molecule has 5 aromatic rings. The van der Waals surface area contributed by atoms with Gasteiger partial charge in [-0.2, -0.15) is 0 Å². The number of piperazine rings is 1. The number of nitrogens with zero attached hydrogens (tertiary/aromatic N) is 5. The van der Waals surface area contributed by atoms with E-state index in [-0.39, 0.29) is 24.8 Å². The fraction of sp³-hybridized carbons (Fsp3) is 0.385. The number of fused-ring (bicyclic) bond motifs is 2. The Hall–Kier alpha value is -7.25. The second-order valence-electron chi connectivity index (χ2n) is 18.9. The maximum absolute atomic E-state index is 16.1. The van der Waals surface area contributed by atoms with Crippen molar-refractivity contribution >= 4 is 63.2 Å². The number of ether oxygens (including phenoxy) is 2. The Morgan fingerprint density at radius 1 is 0.845 bits per heavy atom. The number of piperidine rings is 2. The molecular weight excluding hydrogens is 920 g/mol. The highest BCUT2D eigenvalue weighted by atomic mass is 19.3. The fourth-order valence-corrected chi connectivity index (χ4v) is 10.1. The predicted molar refractivity (Wildman–Crippen MR) is 259 cm³/mol. The first-order valence-corrected chi connectivity index (χ1v) is 24.0. The van der Waals surface area contributed by atoms with E-state index in [0.29, 0.717) is 109 Å². The molecule has 1 unspecified atom stereocenters. The van der Waals surface area contributed by atoms with Crippen molar-refractivity contribution in [3.05, 3.63) is 108 Å². The van der Waals surface area contributed by atoms with E-state index in [4.69, 9.17) is 9.47 Å². The summed E-state index contributed by atoms with van der Waals surface area (Å²) in [7, 11) is 1.50. The number of carbonyl (C=O) groups excluding carboxylic acids is 5. The summed E-state index contributed by atoms with van der Waals surface area (Å²) in [5, 5.41) is 12.0. The van der Waals surface area contributed by atoms with Gasteiger partial charge in [-0.1, -0.05) is 6.07 Å². The van der Waals surface area contributed by atoms with Gasteiger partial charge in [-0.15, -0.1) is 0 Å². The van der Waals surface area contributed by atoms with Crippen LogP contribution in [-0.4, -0.2) is 127 Å². The minimum absolute atomic E-state index is 0.195. The number of nitrogens with one attached hydrogen (secondary N) is 4. The molecule has 19 heteroatoms. The van der Waals surface area contributed by atoms with Crippen LogP contribution in [0.3, 0.4) is 0 Å². The summed E-state index contributed by atoms with van der Waals surface area (Å²) >= 11 is 0. The molecule has 2 atom stereocenters. The summed E-state index contributed by atoms with van der Waals surface area (Å²) in [6, 6.07) is 22.1. The van der Waals surface area contributed by atoms with E-state index in [1.54, 1.807) is 64.5 Å². The van der Waals surface area contributed by atoms with Crippen LogP contribution in [0, 0.1) is 17.2 Å². The van der Waals surface area contributed by atoms with Crippen molar-refractivity contribution in [2.45, 2.75) is 50.6 Å². The van der Waals surface area contributed by atoms with Gasteiger partial charge < -0.3 is 40.1 Å². The number of rotatable bonds is 15. The highest BCUT2D eigenvalue weighted by Gasteiger charge is 2.56. The van der Waals surface area contributed by atoms with Gasteiger partial charge in [-0.3, -0.25) is 39.2 Å². The molecule has 71 heavy (non-hydrogen) atoms. The molecule has 4 aromatic carbocycles. The molecule has 0 bridgehead atoms. The van der Waals surface area contributed by atoms with Crippen LogP contribution < -0.4 is 35.6 Å². The Bertz CT molecular complexity index is 2870. The van der Waals surface area contributed by atoms with Gasteiger partial charge in [0.1, 0.15) is 34.5 Å². The van der Waals surface area contributed by atoms with Gasteiger partial charge in [0.15, 0.2) is 0 Å². The molecule has 1 saturated carbocycles. The van der Waals surface area contributed by atoms with Crippen LogP contribution in [0.4, 0.5) is 35.9 Å². The molecule has 10 rings (SSSR count). The van der Waals surface area contributed by atoms with Crippen LogP contribution in [0.25, 0.3) is 10.9 Å². The van der Waals surface area contributed by atoms with Crippen molar-refractivity contribution in [1.82, 2.24) is 25.0 Å². The van der Waals surface area contributed by atoms with Crippen LogP contribution in [0.1, 0.15) is 48.0 Å². The average Bonchev–Trinajstić information content (AvgIpc) is 4.12. The quantitative estimate of drug-likeness (QED) is 0.0664. The highest BCUT2D eigenvalue weighted by Crippen LogP contribution is 2.48. The lowest BCUT2D eigenvalue weighted by atomic mass is 9.91. The molecule has 0 radical (unpaired) electrons. The van der Waals surface area contributed by atoms with Gasteiger partial charge in [-0.25, -0.2) is 13.2 Å². The summed E-state index contributed by atoms with van der Waals surface area (Å²) in [5.41, 5.74) is 2.92. The number of pyridine rings is 1. The third-order valence-electron chi connectivity index (χ3n) is 14.4. The van der Waals surface area contributed by atoms with Crippen molar-refractivity contribution < 1.29 is 46.6 Å². The van der Waals surface area contributed by atoms with Crippen LogP contribution in [0.2, 0.25) is 0 Å². The summed E-state index contributed by atoms with van der Waals surface area (Å²) in [4.78, 5) is 75.9. The Morgan fingerprint density at radius 2 is 1.55 bits per heavy atom. The number of methoxy groups -OCH3 is 1. The molecule has 4 N–H and O–H groups in total. The molecule has 4 fully saturated rings. The smallest absolute Gasteiger partial charge is 0.269 e. The highest BCUT2D eigenvalue weighted by molar-refractivity contribution is 6.17. The minimum Gasteiger partial charge on any atom is -0.495 e. The number of aromatic nitrogens is 1. The van der Waals surface area contributed by atoms with Gasteiger partial charge in [0.05, 0.1) is 24.9 Å². The standard InChI is InChI=1S/C52H54F3N9O7/c1-70-45-27-38-41(56-19-15-44(38)71-36-11-9-35(10-12-36)59-50(69)51(17-18-51)49(68)58-34-7-5-33(53)6-8-34)28-43(45)63-21-16-32(52(54,55)31-63)29-62-25-23-61(24-26-62)22-20-57-40-4-2-3-37-39(40)30-64(48(37)67)42-13-14-46(65)60-47(42)66/h2-12,15,19,27-28,32,42,57H,13-14,16-18,20-26,29-31H2,1H3,(H,58,68)(H,59,69)(H,60,65,66)/t32?,42-/m0/s1. The van der Waals surface area contributed by atoms with Gasteiger partial charge in [-0.05, 0) is 105 Å². The SMILES string of the molecule is COc1cc2c(Oc3ccc(NC(=O)C4(C(=O)Nc5ccc(F)cc5)CC4)cc3)ccnc2cc1N1CCC(CN2CCN(CCNc3cccc4c3CN([C@H]3CCC(=O)NC3=O)C4=O)CC2)C(F)(F)C1. The van der Waals surface area contributed by atoms with Gasteiger partial charge in [0, 0.05) is 111 Å². The predicted octanol–water partition coefficient (Wildman–Crippen LogP) is 6.48. The van der Waals surface area contributed by atoms with Crippen LogP contribution in [-0.2, 0) is 25.7 Å². The maximum atomic E-state index is 16.1. The van der Waals surface area contributed by atoms with Crippen molar-refractivity contribution in [1.29, 1.82) is 0 Å². The summed E-state index contributed by atoms with van der Waals surface area (Å²) in [5.74, 6) is -4.77. The van der Waals surface area contributed by atoms with Gasteiger partial charge >= 0.3 is 0 Å². The first-order chi connectivity index (χ1) is 34.3. The molecular formula is C52H54F3N9O7. The third-order valence-corrected chi connectivity index (χ3v) is 14.4. The van der Waals surface area contributed by atoms with E-state index in [0.717, 1.165) is 30.9 Å². The minimum atomic E-state index is -2.97. The van der Waals surface area contributed by atoms with E-state index >= 15 is 8.78 Å². The Kier molecular flexibility index (Phi) is 13.0. The molecule has 5 amide bonds. The Labute approximate surface area is 407 Å². The summed E-state index contributed by atoms with van der Waals surface area (Å²) in [6.45, 7) is 4.68. The zero-order valence-electron chi connectivity index (χ0n) is 39.1. The monoisotopic (exact) mass is 973 g/mol. The summed E-state index contributed by atoms with van der Waals surface area (Å²) in [6.07, 6.45) is 3.15. The van der Waals surface area contributed by atoms with E-state index < -0.39 is 53.4 Å². The zero-order valence-corrected chi connectivity index (χ0v) is 39.1. The van der Waals surface area contributed by atoms with Crippen molar-refractivity contribution in [3.63, 3.8) is 0 Å². The first-order valence-electron chi connectivity index (χ1n) is 24.0. The molecule has 5 heterocycles. The van der Waals surface area contributed by atoms with Crippen LogP contribution >= 0.6 is 0 Å². The number of anilines is 4. The Balaban J connectivity index is 0.701. The number of alkyl halides is 2. The fourth-order valence-electron chi connectivity index (χ4n) is 10.1. The number of amides is 5.